The lowest BCUT2D eigenvalue weighted by Crippen LogP contribution is -2.27. The highest BCUT2D eigenvalue weighted by molar-refractivity contribution is 9.10. The molecule has 2 rings (SSSR count). The third-order valence-corrected chi connectivity index (χ3v) is 4.27. The van der Waals surface area contributed by atoms with Crippen molar-refractivity contribution in [3.8, 4) is 11.5 Å². The van der Waals surface area contributed by atoms with E-state index >= 15 is 0 Å². The Morgan fingerprint density at radius 3 is 2.81 bits per heavy atom. The average Bonchev–Trinajstić information content (AvgIpc) is 2.70. The van der Waals surface area contributed by atoms with E-state index in [1.54, 1.807) is 18.2 Å². The highest BCUT2D eigenvalue weighted by atomic mass is 79.9. The van der Waals surface area contributed by atoms with Crippen LogP contribution in [0.4, 0.5) is 4.79 Å². The quantitative estimate of drug-likeness (QED) is 0.650. The second kappa shape index (κ2) is 6.36. The first kappa shape index (κ1) is 15.7. The molecule has 1 N–H and O–H groups in total. The molecule has 0 saturated carbocycles. The summed E-state index contributed by atoms with van der Waals surface area (Å²) in [4.78, 5) is 25.3. The van der Waals surface area contributed by atoms with Gasteiger partial charge in [-0.25, -0.2) is 0 Å². The number of rotatable bonds is 4. The highest BCUT2D eigenvalue weighted by Crippen LogP contribution is 2.38. The number of imide groups is 1. The second-order valence-corrected chi connectivity index (χ2v) is 5.98. The van der Waals surface area contributed by atoms with Crippen LogP contribution in [0.5, 0.6) is 11.5 Å². The first-order valence-electron chi connectivity index (χ1n) is 5.90. The van der Waals surface area contributed by atoms with Crippen LogP contribution in [0.25, 0.3) is 6.08 Å². The van der Waals surface area contributed by atoms with Crippen molar-refractivity contribution in [2.24, 2.45) is 0 Å². The molecule has 0 unspecified atom stereocenters. The monoisotopic (exact) mass is 369 g/mol. The summed E-state index contributed by atoms with van der Waals surface area (Å²) in [6.45, 7) is 3.71. The number of carbonyl (C=O) groups is 2. The molecule has 0 radical (unpaired) electrons. The largest absolute Gasteiger partial charge is 0.503 e. The molecule has 0 bridgehead atoms. The van der Waals surface area contributed by atoms with Crippen molar-refractivity contribution in [2.75, 3.05) is 13.7 Å². The van der Waals surface area contributed by atoms with Crippen LogP contribution in [-0.4, -0.2) is 34.8 Å². The number of thioether (sulfide) groups is 1. The van der Waals surface area contributed by atoms with Gasteiger partial charge >= 0.3 is 0 Å². The summed E-state index contributed by atoms with van der Waals surface area (Å²) in [5.74, 6) is -0.0941. The molecular formula is C14H12BrNO4S. The number of phenols is 1. The molecule has 2 amide bonds. The predicted molar refractivity (Wildman–Crippen MR) is 85.2 cm³/mol. The Hall–Kier alpha value is -1.73. The van der Waals surface area contributed by atoms with Crippen molar-refractivity contribution in [1.82, 2.24) is 4.90 Å². The van der Waals surface area contributed by atoms with Crippen molar-refractivity contribution in [2.45, 2.75) is 0 Å². The Kier molecular flexibility index (Phi) is 4.74. The van der Waals surface area contributed by atoms with E-state index in [0.717, 1.165) is 16.7 Å². The van der Waals surface area contributed by atoms with E-state index in [1.807, 2.05) is 0 Å². The van der Waals surface area contributed by atoms with Gasteiger partial charge in [-0.3, -0.25) is 14.5 Å². The number of halogens is 1. The van der Waals surface area contributed by atoms with Gasteiger partial charge in [0.25, 0.3) is 11.1 Å². The molecule has 0 atom stereocenters. The number of phenolic OH excluding ortho intramolecular Hbond substituents is 1. The standard InChI is InChI=1S/C14H12BrNO4S/c1-3-4-16-13(18)11(21-14(16)19)7-8-5-9(15)12(17)10(6-8)20-2/h3,5-7,17H,1,4H2,2H3/b11-7+. The summed E-state index contributed by atoms with van der Waals surface area (Å²) in [6, 6.07) is 3.22. The first-order chi connectivity index (χ1) is 9.97. The Balaban J connectivity index is 2.37. The maximum absolute atomic E-state index is 12.1. The van der Waals surface area contributed by atoms with Gasteiger partial charge in [0.1, 0.15) is 0 Å². The number of hydrogen-bond donors (Lipinski definition) is 1. The molecule has 110 valence electrons. The van der Waals surface area contributed by atoms with Gasteiger partial charge in [-0.1, -0.05) is 6.08 Å². The SMILES string of the molecule is C=CCN1C(=O)S/C(=C/c2cc(Br)c(O)c(OC)c2)C1=O. The average molecular weight is 370 g/mol. The summed E-state index contributed by atoms with van der Waals surface area (Å²) >= 11 is 4.08. The summed E-state index contributed by atoms with van der Waals surface area (Å²) in [5, 5.41) is 9.43. The molecule has 1 aliphatic heterocycles. The summed E-state index contributed by atoms with van der Waals surface area (Å²) < 4.78 is 5.49. The van der Waals surface area contributed by atoms with Crippen molar-refractivity contribution in [3.05, 3.63) is 39.7 Å². The third kappa shape index (κ3) is 3.14. The van der Waals surface area contributed by atoms with E-state index in [-0.39, 0.29) is 29.2 Å². The fraction of sp³-hybridized carbons (Fsp3) is 0.143. The van der Waals surface area contributed by atoms with Gasteiger partial charge < -0.3 is 9.84 Å². The molecule has 1 aromatic rings. The van der Waals surface area contributed by atoms with Crippen LogP contribution < -0.4 is 4.74 Å². The first-order valence-corrected chi connectivity index (χ1v) is 7.51. The fourth-order valence-electron chi connectivity index (χ4n) is 1.77. The van der Waals surface area contributed by atoms with Crippen LogP contribution in [0.1, 0.15) is 5.56 Å². The van der Waals surface area contributed by atoms with Crippen LogP contribution in [-0.2, 0) is 4.79 Å². The van der Waals surface area contributed by atoms with Crippen LogP contribution in [0, 0.1) is 0 Å². The van der Waals surface area contributed by atoms with Gasteiger partial charge in [0.2, 0.25) is 0 Å². The number of hydrogen-bond acceptors (Lipinski definition) is 5. The molecule has 0 aromatic heterocycles. The number of amides is 2. The zero-order chi connectivity index (χ0) is 15.6. The third-order valence-electron chi connectivity index (χ3n) is 2.75. The highest BCUT2D eigenvalue weighted by Gasteiger charge is 2.34. The minimum Gasteiger partial charge on any atom is -0.503 e. The molecule has 21 heavy (non-hydrogen) atoms. The Morgan fingerprint density at radius 2 is 2.19 bits per heavy atom. The van der Waals surface area contributed by atoms with E-state index in [0.29, 0.717) is 14.9 Å². The fourth-order valence-corrected chi connectivity index (χ4v) is 3.08. The molecule has 1 aliphatic rings. The Morgan fingerprint density at radius 1 is 1.48 bits per heavy atom. The van der Waals surface area contributed by atoms with Crippen molar-refractivity contribution in [3.63, 3.8) is 0 Å². The molecular weight excluding hydrogens is 358 g/mol. The second-order valence-electron chi connectivity index (χ2n) is 4.13. The van der Waals surface area contributed by atoms with E-state index < -0.39 is 0 Å². The van der Waals surface area contributed by atoms with E-state index in [1.165, 1.54) is 13.2 Å². The van der Waals surface area contributed by atoms with Crippen molar-refractivity contribution >= 4 is 44.9 Å². The summed E-state index contributed by atoms with van der Waals surface area (Å²) in [6.07, 6.45) is 3.08. The lowest BCUT2D eigenvalue weighted by molar-refractivity contribution is -0.122. The number of benzene rings is 1. The number of carbonyl (C=O) groups excluding carboxylic acids is 2. The summed E-state index contributed by atoms with van der Waals surface area (Å²) in [7, 11) is 1.43. The molecule has 1 heterocycles. The lowest BCUT2D eigenvalue weighted by atomic mass is 10.2. The maximum Gasteiger partial charge on any atom is 0.293 e. The molecule has 1 aromatic carbocycles. The number of nitrogens with zero attached hydrogens (tertiary/aromatic N) is 1. The van der Waals surface area contributed by atoms with Crippen molar-refractivity contribution in [1.29, 1.82) is 0 Å². The zero-order valence-corrected chi connectivity index (χ0v) is 13.5. The minimum absolute atomic E-state index is 0.0191. The van der Waals surface area contributed by atoms with Gasteiger partial charge in [-0.15, -0.1) is 6.58 Å². The van der Waals surface area contributed by atoms with E-state index in [4.69, 9.17) is 4.74 Å². The van der Waals surface area contributed by atoms with E-state index in [2.05, 4.69) is 22.5 Å². The van der Waals surface area contributed by atoms with Crippen LogP contribution >= 0.6 is 27.7 Å². The number of aromatic hydroxyl groups is 1. The maximum atomic E-state index is 12.1. The molecule has 1 fully saturated rings. The number of methoxy groups -OCH3 is 1. The molecule has 0 aliphatic carbocycles. The zero-order valence-electron chi connectivity index (χ0n) is 11.1. The topological polar surface area (TPSA) is 66.8 Å². The normalized spacial score (nSPS) is 16.7. The smallest absolute Gasteiger partial charge is 0.293 e. The van der Waals surface area contributed by atoms with Crippen LogP contribution in [0.15, 0.2) is 34.2 Å². The van der Waals surface area contributed by atoms with Gasteiger partial charge in [0.05, 0.1) is 16.5 Å². The van der Waals surface area contributed by atoms with Crippen molar-refractivity contribution < 1.29 is 19.4 Å². The Labute approximate surface area is 134 Å². The predicted octanol–water partition coefficient (Wildman–Crippen LogP) is 3.39. The van der Waals surface area contributed by atoms with Gasteiger partial charge in [-0.05, 0) is 51.5 Å². The van der Waals surface area contributed by atoms with Gasteiger partial charge in [0, 0.05) is 6.54 Å². The van der Waals surface area contributed by atoms with Gasteiger partial charge in [0.15, 0.2) is 11.5 Å². The molecule has 0 spiro atoms. The van der Waals surface area contributed by atoms with Crippen LogP contribution in [0.2, 0.25) is 0 Å². The van der Waals surface area contributed by atoms with E-state index in [9.17, 15) is 14.7 Å². The Bertz CT molecular complexity index is 657. The lowest BCUT2D eigenvalue weighted by Gasteiger charge is -2.08. The van der Waals surface area contributed by atoms with Gasteiger partial charge in [-0.2, -0.15) is 0 Å². The van der Waals surface area contributed by atoms with Crippen LogP contribution in [0.3, 0.4) is 0 Å². The number of ether oxygens (including phenoxy) is 1. The minimum atomic E-state index is -0.354. The summed E-state index contributed by atoms with van der Waals surface area (Å²) in [5.41, 5.74) is 0.639. The molecule has 1 saturated heterocycles. The molecule has 5 nitrogen and oxygen atoms in total. The molecule has 7 heteroatoms.